The molecule has 0 aliphatic heterocycles. The number of nitrogens with zero attached hydrogens (tertiary/aromatic N) is 1. The van der Waals surface area contributed by atoms with Gasteiger partial charge in [0, 0.05) is 25.9 Å². The van der Waals surface area contributed by atoms with Gasteiger partial charge in [-0.15, -0.1) is 0 Å². The van der Waals surface area contributed by atoms with Gasteiger partial charge < -0.3 is 15.7 Å². The highest BCUT2D eigenvalue weighted by Gasteiger charge is 2.06. The largest absolute Gasteiger partial charge is 0.395 e. The summed E-state index contributed by atoms with van der Waals surface area (Å²) in [6.45, 7) is 1.02. The van der Waals surface area contributed by atoms with E-state index in [2.05, 4.69) is 0 Å². The standard InChI is InChI=1S/C7H16N2O2S/c1-9(3-4-10)7(11)6-12-5-2-8/h10H,2-6,8H2,1H3. The first-order valence-corrected chi connectivity index (χ1v) is 5.00. The molecule has 0 aliphatic carbocycles. The van der Waals surface area contributed by atoms with Crippen LogP contribution in [0.3, 0.4) is 0 Å². The molecular formula is C7H16N2O2S. The minimum absolute atomic E-state index is 0.0177. The van der Waals surface area contributed by atoms with E-state index in [0.29, 0.717) is 18.8 Å². The predicted molar refractivity (Wildman–Crippen MR) is 51.1 cm³/mol. The highest BCUT2D eigenvalue weighted by molar-refractivity contribution is 7.99. The van der Waals surface area contributed by atoms with E-state index >= 15 is 0 Å². The zero-order chi connectivity index (χ0) is 9.40. The normalized spacial score (nSPS) is 9.92. The minimum Gasteiger partial charge on any atom is -0.395 e. The van der Waals surface area contributed by atoms with Crippen LogP contribution in [-0.4, -0.2) is 54.2 Å². The average molecular weight is 192 g/mol. The number of aliphatic hydroxyl groups excluding tert-OH is 1. The Morgan fingerprint density at radius 1 is 1.67 bits per heavy atom. The van der Waals surface area contributed by atoms with E-state index in [1.807, 2.05) is 0 Å². The number of hydrogen-bond donors (Lipinski definition) is 2. The summed E-state index contributed by atoms with van der Waals surface area (Å²) in [5.41, 5.74) is 5.26. The Bertz CT molecular complexity index is 133. The van der Waals surface area contributed by atoms with Crippen molar-refractivity contribution in [2.75, 3.05) is 38.2 Å². The lowest BCUT2D eigenvalue weighted by Gasteiger charge is -2.14. The molecule has 0 aliphatic rings. The molecule has 72 valence electrons. The van der Waals surface area contributed by atoms with Crippen molar-refractivity contribution in [3.05, 3.63) is 0 Å². The third kappa shape index (κ3) is 5.40. The van der Waals surface area contributed by atoms with Crippen LogP contribution in [0.4, 0.5) is 0 Å². The maximum atomic E-state index is 11.2. The highest BCUT2D eigenvalue weighted by Crippen LogP contribution is 1.99. The van der Waals surface area contributed by atoms with E-state index in [0.717, 1.165) is 5.75 Å². The van der Waals surface area contributed by atoms with Gasteiger partial charge >= 0.3 is 0 Å². The number of carbonyl (C=O) groups excluding carboxylic acids is 1. The molecule has 0 spiro atoms. The van der Waals surface area contributed by atoms with Crippen LogP contribution in [0.15, 0.2) is 0 Å². The Labute approximate surface area is 77.1 Å². The molecule has 0 rings (SSSR count). The number of rotatable bonds is 6. The first kappa shape index (κ1) is 11.7. The molecule has 0 unspecified atom stereocenters. The first-order chi connectivity index (χ1) is 5.72. The zero-order valence-corrected chi connectivity index (χ0v) is 8.14. The van der Waals surface area contributed by atoms with Crippen LogP contribution in [0.2, 0.25) is 0 Å². The van der Waals surface area contributed by atoms with Crippen molar-refractivity contribution >= 4 is 17.7 Å². The van der Waals surface area contributed by atoms with Crippen molar-refractivity contribution in [2.24, 2.45) is 5.73 Å². The van der Waals surface area contributed by atoms with Crippen molar-refractivity contribution in [1.82, 2.24) is 4.90 Å². The Morgan fingerprint density at radius 3 is 2.83 bits per heavy atom. The second-order valence-electron chi connectivity index (χ2n) is 2.38. The zero-order valence-electron chi connectivity index (χ0n) is 7.32. The number of thioether (sulfide) groups is 1. The summed E-state index contributed by atoms with van der Waals surface area (Å²) in [4.78, 5) is 12.7. The molecule has 4 nitrogen and oxygen atoms in total. The maximum Gasteiger partial charge on any atom is 0.232 e. The third-order valence-electron chi connectivity index (χ3n) is 1.35. The van der Waals surface area contributed by atoms with Crippen LogP contribution in [0.5, 0.6) is 0 Å². The Hall–Kier alpha value is -0.260. The lowest BCUT2D eigenvalue weighted by atomic mass is 10.5. The fourth-order valence-electron chi connectivity index (χ4n) is 0.628. The summed E-state index contributed by atoms with van der Waals surface area (Å²) in [5.74, 6) is 1.30. The molecule has 5 heteroatoms. The quantitative estimate of drug-likeness (QED) is 0.537. The Kier molecular flexibility index (Phi) is 7.23. The number of nitrogens with two attached hydrogens (primary N) is 1. The highest BCUT2D eigenvalue weighted by atomic mass is 32.2. The van der Waals surface area contributed by atoms with E-state index in [4.69, 9.17) is 10.8 Å². The summed E-state index contributed by atoms with van der Waals surface area (Å²) in [6.07, 6.45) is 0. The molecule has 0 aromatic carbocycles. The van der Waals surface area contributed by atoms with E-state index in [1.165, 1.54) is 16.7 Å². The number of amides is 1. The van der Waals surface area contributed by atoms with Crippen LogP contribution in [-0.2, 0) is 4.79 Å². The number of likely N-dealkylation sites (N-methyl/N-ethyl adjacent to an activating group) is 1. The van der Waals surface area contributed by atoms with Gasteiger partial charge in [-0.05, 0) is 0 Å². The lowest BCUT2D eigenvalue weighted by molar-refractivity contribution is -0.127. The van der Waals surface area contributed by atoms with Gasteiger partial charge in [-0.1, -0.05) is 0 Å². The van der Waals surface area contributed by atoms with Crippen LogP contribution in [0, 0.1) is 0 Å². The number of aliphatic hydroxyl groups is 1. The van der Waals surface area contributed by atoms with E-state index in [9.17, 15) is 4.79 Å². The molecular weight excluding hydrogens is 176 g/mol. The minimum atomic E-state index is 0.0177. The molecule has 12 heavy (non-hydrogen) atoms. The summed E-state index contributed by atoms with van der Waals surface area (Å²) >= 11 is 1.52. The van der Waals surface area contributed by atoms with Crippen molar-refractivity contribution < 1.29 is 9.90 Å². The second-order valence-corrected chi connectivity index (χ2v) is 3.49. The van der Waals surface area contributed by atoms with Crippen molar-refractivity contribution in [1.29, 1.82) is 0 Å². The SMILES string of the molecule is CN(CCO)C(=O)CSCCN. The van der Waals surface area contributed by atoms with Crippen LogP contribution >= 0.6 is 11.8 Å². The van der Waals surface area contributed by atoms with Crippen molar-refractivity contribution in [3.63, 3.8) is 0 Å². The fourth-order valence-corrected chi connectivity index (χ4v) is 1.33. The molecule has 0 atom stereocenters. The van der Waals surface area contributed by atoms with E-state index in [-0.39, 0.29) is 12.5 Å². The summed E-state index contributed by atoms with van der Waals surface area (Å²) in [7, 11) is 1.68. The summed E-state index contributed by atoms with van der Waals surface area (Å²) in [5, 5.41) is 8.54. The molecule has 0 saturated carbocycles. The number of carbonyl (C=O) groups is 1. The smallest absolute Gasteiger partial charge is 0.232 e. The molecule has 1 amide bonds. The van der Waals surface area contributed by atoms with Gasteiger partial charge in [0.05, 0.1) is 12.4 Å². The molecule has 0 fully saturated rings. The third-order valence-corrected chi connectivity index (χ3v) is 2.32. The second kappa shape index (κ2) is 7.39. The number of hydrogen-bond acceptors (Lipinski definition) is 4. The topological polar surface area (TPSA) is 66.6 Å². The van der Waals surface area contributed by atoms with E-state index in [1.54, 1.807) is 7.05 Å². The van der Waals surface area contributed by atoms with Crippen molar-refractivity contribution in [3.8, 4) is 0 Å². The summed E-state index contributed by atoms with van der Waals surface area (Å²) in [6, 6.07) is 0. The molecule has 0 bridgehead atoms. The fraction of sp³-hybridized carbons (Fsp3) is 0.857. The molecule has 0 radical (unpaired) electrons. The predicted octanol–water partition coefficient (Wildman–Crippen LogP) is -0.871. The van der Waals surface area contributed by atoms with Crippen LogP contribution in [0.1, 0.15) is 0 Å². The van der Waals surface area contributed by atoms with Gasteiger partial charge in [-0.25, -0.2) is 0 Å². The van der Waals surface area contributed by atoms with Gasteiger partial charge in [0.2, 0.25) is 5.91 Å². The van der Waals surface area contributed by atoms with E-state index < -0.39 is 0 Å². The Balaban J connectivity index is 3.43. The van der Waals surface area contributed by atoms with Crippen LogP contribution in [0.25, 0.3) is 0 Å². The first-order valence-electron chi connectivity index (χ1n) is 3.85. The Morgan fingerprint density at radius 2 is 2.33 bits per heavy atom. The van der Waals surface area contributed by atoms with Crippen LogP contribution < -0.4 is 5.73 Å². The molecule has 0 heterocycles. The average Bonchev–Trinajstić information content (AvgIpc) is 2.05. The molecule has 0 aromatic heterocycles. The van der Waals surface area contributed by atoms with Gasteiger partial charge in [0.15, 0.2) is 0 Å². The van der Waals surface area contributed by atoms with Gasteiger partial charge in [-0.2, -0.15) is 11.8 Å². The van der Waals surface area contributed by atoms with Gasteiger partial charge in [-0.3, -0.25) is 4.79 Å². The maximum absolute atomic E-state index is 11.2. The summed E-state index contributed by atoms with van der Waals surface area (Å²) < 4.78 is 0. The van der Waals surface area contributed by atoms with Crippen molar-refractivity contribution in [2.45, 2.75) is 0 Å². The molecule has 0 saturated heterocycles. The van der Waals surface area contributed by atoms with Gasteiger partial charge in [0.1, 0.15) is 0 Å². The monoisotopic (exact) mass is 192 g/mol. The molecule has 0 aromatic rings. The van der Waals surface area contributed by atoms with Gasteiger partial charge in [0.25, 0.3) is 0 Å². The molecule has 3 N–H and O–H groups in total. The lowest BCUT2D eigenvalue weighted by Crippen LogP contribution is -2.31.